The zero-order valence-electron chi connectivity index (χ0n) is 20.1. The number of ether oxygens (including phenoxy) is 1. The molecule has 1 saturated heterocycles. The topological polar surface area (TPSA) is 105 Å². The van der Waals surface area contributed by atoms with Gasteiger partial charge in [-0.15, -0.1) is 10.2 Å². The van der Waals surface area contributed by atoms with Gasteiger partial charge in [-0.2, -0.15) is 0 Å². The number of nitrogens with one attached hydrogen (secondary N) is 1. The molecule has 0 bridgehead atoms. The fourth-order valence-electron chi connectivity index (χ4n) is 5.60. The highest BCUT2D eigenvalue weighted by atomic mass is 16.5. The average molecular weight is 485 g/mol. The molecule has 184 valence electrons. The summed E-state index contributed by atoms with van der Waals surface area (Å²) in [5, 5.41) is 22.9. The Kier molecular flexibility index (Phi) is 5.66. The second-order valence-electron chi connectivity index (χ2n) is 9.72. The third-order valence-electron chi connectivity index (χ3n) is 7.63. The zero-order valence-corrected chi connectivity index (χ0v) is 20.1. The van der Waals surface area contributed by atoms with Gasteiger partial charge in [0.05, 0.1) is 11.7 Å². The van der Waals surface area contributed by atoms with Gasteiger partial charge in [-0.1, -0.05) is 36.4 Å². The second-order valence-corrected chi connectivity index (χ2v) is 9.72. The number of esters is 1. The van der Waals surface area contributed by atoms with Gasteiger partial charge in [0.25, 0.3) is 0 Å². The Balaban J connectivity index is 1.22. The lowest BCUT2D eigenvalue weighted by Gasteiger charge is -2.31. The predicted octanol–water partition coefficient (Wildman–Crippen LogP) is 2.89. The van der Waals surface area contributed by atoms with Crippen LogP contribution in [0.4, 0.5) is 5.82 Å². The maximum Gasteiger partial charge on any atom is 0.338 e. The van der Waals surface area contributed by atoms with Crippen LogP contribution in [0.1, 0.15) is 45.1 Å². The van der Waals surface area contributed by atoms with Crippen LogP contribution in [0.25, 0.3) is 5.65 Å². The van der Waals surface area contributed by atoms with Crippen LogP contribution in [-0.2, 0) is 16.8 Å². The number of carbonyl (C=O) groups excluding carboxylic acids is 1. The number of likely N-dealkylation sites (tertiary alicyclic amines) is 1. The van der Waals surface area contributed by atoms with Gasteiger partial charge >= 0.3 is 5.97 Å². The standard InChI is InChI=1S/C27H28N6O3/c1-18-20(7-8-21-22(18)14-36-26(21)35)23(34)13-32-11-9-27(16-32,19-5-3-2-4-6-19)15-29-24-25-31-30-17-33(25)12-10-28-24/h2-8,10,12,17,23,34H,9,11,13-16H2,1H3,(H,28,29). The highest BCUT2D eigenvalue weighted by Gasteiger charge is 2.40. The zero-order chi connectivity index (χ0) is 24.7. The largest absolute Gasteiger partial charge is 0.457 e. The van der Waals surface area contributed by atoms with Gasteiger partial charge in [-0.25, -0.2) is 9.78 Å². The summed E-state index contributed by atoms with van der Waals surface area (Å²) in [6, 6.07) is 14.2. The summed E-state index contributed by atoms with van der Waals surface area (Å²) in [4.78, 5) is 18.7. The first-order valence-corrected chi connectivity index (χ1v) is 12.2. The fourth-order valence-corrected chi connectivity index (χ4v) is 5.60. The van der Waals surface area contributed by atoms with Gasteiger partial charge in [-0.05, 0) is 42.6 Å². The first kappa shape index (κ1) is 22.6. The Labute approximate surface area is 208 Å². The number of β-amino-alcohol motifs (C(OH)–C–C–N with tert-alkyl or cyclic N) is 1. The third-order valence-corrected chi connectivity index (χ3v) is 7.63. The Hall–Kier alpha value is -3.82. The molecule has 0 spiro atoms. The maximum absolute atomic E-state index is 11.9. The van der Waals surface area contributed by atoms with E-state index in [9.17, 15) is 9.90 Å². The molecule has 36 heavy (non-hydrogen) atoms. The first-order chi connectivity index (χ1) is 17.5. The summed E-state index contributed by atoms with van der Waals surface area (Å²) in [6.45, 7) is 5.09. The van der Waals surface area contributed by atoms with Crippen molar-refractivity contribution in [3.8, 4) is 0 Å². The van der Waals surface area contributed by atoms with E-state index in [1.165, 1.54) is 5.56 Å². The molecule has 4 heterocycles. The minimum absolute atomic E-state index is 0.150. The van der Waals surface area contributed by atoms with Gasteiger partial charge in [0.2, 0.25) is 5.65 Å². The lowest BCUT2D eigenvalue weighted by molar-refractivity contribution is 0.0535. The molecule has 0 radical (unpaired) electrons. The van der Waals surface area contributed by atoms with E-state index in [0.29, 0.717) is 30.1 Å². The number of nitrogens with zero attached hydrogens (tertiary/aromatic N) is 5. The van der Waals surface area contributed by atoms with Crippen LogP contribution >= 0.6 is 0 Å². The molecule has 2 unspecified atom stereocenters. The molecule has 0 aliphatic carbocycles. The molecular weight excluding hydrogens is 456 g/mol. The van der Waals surface area contributed by atoms with Crippen molar-refractivity contribution in [2.45, 2.75) is 31.5 Å². The average Bonchev–Trinajstić information content (AvgIpc) is 3.63. The highest BCUT2D eigenvalue weighted by molar-refractivity contribution is 5.93. The van der Waals surface area contributed by atoms with Crippen molar-refractivity contribution in [2.24, 2.45) is 0 Å². The number of hydrogen-bond acceptors (Lipinski definition) is 8. The molecule has 6 rings (SSSR count). The van der Waals surface area contributed by atoms with Crippen LogP contribution in [0.5, 0.6) is 0 Å². The van der Waals surface area contributed by atoms with Crippen LogP contribution < -0.4 is 5.32 Å². The molecule has 1 fully saturated rings. The minimum atomic E-state index is -0.656. The van der Waals surface area contributed by atoms with E-state index in [2.05, 4.69) is 49.7 Å². The first-order valence-electron chi connectivity index (χ1n) is 12.2. The number of aliphatic hydroxyl groups excluding tert-OH is 1. The Morgan fingerprint density at radius 3 is 2.94 bits per heavy atom. The van der Waals surface area contributed by atoms with Gasteiger partial charge in [-0.3, -0.25) is 9.30 Å². The monoisotopic (exact) mass is 484 g/mol. The van der Waals surface area contributed by atoms with Crippen LogP contribution in [0, 0.1) is 6.92 Å². The number of aromatic nitrogens is 4. The number of rotatable bonds is 7. The van der Waals surface area contributed by atoms with E-state index in [1.807, 2.05) is 29.7 Å². The van der Waals surface area contributed by atoms with Crippen LogP contribution in [0.2, 0.25) is 0 Å². The molecule has 2 N–H and O–H groups in total. The number of anilines is 1. The molecule has 2 atom stereocenters. The molecule has 4 aromatic rings. The molecule has 2 aromatic heterocycles. The smallest absolute Gasteiger partial charge is 0.338 e. The summed E-state index contributed by atoms with van der Waals surface area (Å²) < 4.78 is 7.03. The molecule has 9 heteroatoms. The normalized spacial score (nSPS) is 20.4. The minimum Gasteiger partial charge on any atom is -0.457 e. The number of carbonyl (C=O) groups is 1. The lowest BCUT2D eigenvalue weighted by atomic mass is 9.79. The molecule has 2 aromatic carbocycles. The summed E-state index contributed by atoms with van der Waals surface area (Å²) in [5.41, 5.74) is 5.08. The Morgan fingerprint density at radius 2 is 2.08 bits per heavy atom. The number of benzene rings is 2. The molecule has 0 saturated carbocycles. The van der Waals surface area contributed by atoms with E-state index in [4.69, 9.17) is 4.74 Å². The van der Waals surface area contributed by atoms with Crippen LogP contribution in [0.15, 0.2) is 61.2 Å². The number of fused-ring (bicyclic) bond motifs is 2. The van der Waals surface area contributed by atoms with Crippen molar-refractivity contribution in [3.05, 3.63) is 89.0 Å². The maximum atomic E-state index is 11.9. The van der Waals surface area contributed by atoms with E-state index >= 15 is 0 Å². The van der Waals surface area contributed by atoms with Gasteiger partial charge < -0.3 is 15.2 Å². The summed E-state index contributed by atoms with van der Waals surface area (Å²) >= 11 is 0. The van der Waals surface area contributed by atoms with E-state index in [0.717, 1.165) is 36.2 Å². The molecular formula is C27H28N6O3. The van der Waals surface area contributed by atoms with Gasteiger partial charge in [0.15, 0.2) is 5.82 Å². The predicted molar refractivity (Wildman–Crippen MR) is 134 cm³/mol. The van der Waals surface area contributed by atoms with E-state index in [1.54, 1.807) is 18.6 Å². The summed E-state index contributed by atoms with van der Waals surface area (Å²) in [5.74, 6) is 0.416. The lowest BCUT2D eigenvalue weighted by Crippen LogP contribution is -2.39. The third kappa shape index (κ3) is 3.90. The fraction of sp³-hybridized carbons (Fsp3) is 0.333. The number of cyclic esters (lactones) is 1. The Morgan fingerprint density at radius 1 is 1.22 bits per heavy atom. The number of aliphatic hydroxyl groups is 1. The van der Waals surface area contributed by atoms with Gasteiger partial charge in [0.1, 0.15) is 12.9 Å². The van der Waals surface area contributed by atoms with Crippen LogP contribution in [-0.4, -0.2) is 61.7 Å². The SMILES string of the molecule is Cc1c(C(O)CN2CCC(CNc3nccn4cnnc34)(c3ccccc3)C2)ccc2c1COC2=O. The second kappa shape index (κ2) is 9.00. The van der Waals surface area contributed by atoms with E-state index < -0.39 is 6.10 Å². The Bertz CT molecular complexity index is 1420. The van der Waals surface area contributed by atoms with Crippen molar-refractivity contribution >= 4 is 17.4 Å². The molecule has 0 amide bonds. The molecule has 2 aliphatic rings. The van der Waals surface area contributed by atoms with Gasteiger partial charge in [0, 0.05) is 43.0 Å². The van der Waals surface area contributed by atoms with E-state index in [-0.39, 0.29) is 18.0 Å². The highest BCUT2D eigenvalue weighted by Crippen LogP contribution is 2.37. The quantitative estimate of drug-likeness (QED) is 0.386. The van der Waals surface area contributed by atoms with Crippen molar-refractivity contribution in [2.75, 3.05) is 31.5 Å². The number of hydrogen-bond donors (Lipinski definition) is 2. The van der Waals surface area contributed by atoms with Crippen molar-refractivity contribution in [3.63, 3.8) is 0 Å². The van der Waals surface area contributed by atoms with Crippen molar-refractivity contribution in [1.29, 1.82) is 0 Å². The molecule has 2 aliphatic heterocycles. The summed E-state index contributed by atoms with van der Waals surface area (Å²) in [6.07, 6.45) is 5.52. The van der Waals surface area contributed by atoms with Crippen LogP contribution in [0.3, 0.4) is 0 Å². The molecule has 9 nitrogen and oxygen atoms in total. The van der Waals surface area contributed by atoms with Crippen molar-refractivity contribution in [1.82, 2.24) is 24.5 Å². The summed E-state index contributed by atoms with van der Waals surface area (Å²) in [7, 11) is 0. The van der Waals surface area contributed by atoms with Crippen molar-refractivity contribution < 1.29 is 14.6 Å².